The highest BCUT2D eigenvalue weighted by molar-refractivity contribution is 5.91. The van der Waals surface area contributed by atoms with Gasteiger partial charge in [0.25, 0.3) is 0 Å². The molecule has 1 nitrogen and oxygen atoms in total. The van der Waals surface area contributed by atoms with Gasteiger partial charge in [-0.1, -0.05) is 255 Å². The Balaban J connectivity index is 0.951. The van der Waals surface area contributed by atoms with E-state index in [1.54, 1.807) is 0 Å². The molecule has 322 valence electrons. The van der Waals surface area contributed by atoms with Crippen molar-refractivity contribution in [1.29, 1.82) is 0 Å². The summed E-state index contributed by atoms with van der Waals surface area (Å²) in [6.07, 6.45) is 0. The molecule has 0 radical (unpaired) electrons. The Bertz CT molecular complexity index is 3270. The molecule has 0 atom stereocenters. The van der Waals surface area contributed by atoms with Crippen LogP contribution in [0.2, 0.25) is 0 Å². The van der Waals surface area contributed by atoms with Crippen LogP contribution >= 0.6 is 0 Å². The second-order valence-corrected chi connectivity index (χ2v) is 17.3. The first-order chi connectivity index (χ1) is 33.7. The van der Waals surface area contributed by atoms with Crippen LogP contribution in [0.4, 0.5) is 17.1 Å². The predicted molar refractivity (Wildman–Crippen MR) is 288 cm³/mol. The largest absolute Gasteiger partial charge is 0.310 e. The lowest BCUT2D eigenvalue weighted by Gasteiger charge is -2.29. The number of rotatable bonds is 12. The molecule has 1 heteroatoms. The second kappa shape index (κ2) is 19.4. The summed E-state index contributed by atoms with van der Waals surface area (Å²) in [7, 11) is 0. The van der Waals surface area contributed by atoms with Gasteiger partial charge in [-0.25, -0.2) is 0 Å². The van der Waals surface area contributed by atoms with Gasteiger partial charge < -0.3 is 4.90 Å². The van der Waals surface area contributed by atoms with E-state index >= 15 is 0 Å². The maximum atomic E-state index is 2.40. The topological polar surface area (TPSA) is 3.24 Å². The first-order valence-electron chi connectivity index (χ1n) is 23.4. The average Bonchev–Trinajstić information content (AvgIpc) is 3.43. The minimum absolute atomic E-state index is 0.0648. The van der Waals surface area contributed by atoms with E-state index < -0.39 is 0 Å². The molecule has 11 aromatic carbocycles. The van der Waals surface area contributed by atoms with Gasteiger partial charge in [0.1, 0.15) is 0 Å². The van der Waals surface area contributed by atoms with Crippen LogP contribution < -0.4 is 4.90 Å². The van der Waals surface area contributed by atoms with Crippen LogP contribution in [0, 0.1) is 0 Å². The van der Waals surface area contributed by atoms with Gasteiger partial charge in [-0.15, -0.1) is 0 Å². The Morgan fingerprint density at radius 2 is 0.456 bits per heavy atom. The molecular formula is C67H49N. The second-order valence-electron chi connectivity index (χ2n) is 17.3. The first kappa shape index (κ1) is 41.9. The molecule has 0 N–H and O–H groups in total. The molecule has 0 aromatic heterocycles. The highest BCUT2D eigenvalue weighted by atomic mass is 15.1. The molecule has 68 heavy (non-hydrogen) atoms. The summed E-state index contributed by atoms with van der Waals surface area (Å²) in [6.45, 7) is 0. The highest BCUT2D eigenvalue weighted by Gasteiger charge is 2.21. The van der Waals surface area contributed by atoms with Crippen LogP contribution in [0.25, 0.3) is 66.8 Å². The third kappa shape index (κ3) is 8.94. The maximum absolute atomic E-state index is 2.40. The van der Waals surface area contributed by atoms with Gasteiger partial charge in [-0.05, 0) is 114 Å². The normalized spacial score (nSPS) is 11.1. The van der Waals surface area contributed by atoms with E-state index in [-0.39, 0.29) is 5.92 Å². The zero-order chi connectivity index (χ0) is 45.5. The molecule has 0 saturated carbocycles. The molecule has 0 fully saturated rings. The van der Waals surface area contributed by atoms with Crippen molar-refractivity contribution in [3.8, 4) is 66.8 Å². The summed E-state index contributed by atoms with van der Waals surface area (Å²) in [5.41, 5.74) is 21.4. The Morgan fingerprint density at radius 1 is 0.206 bits per heavy atom. The molecule has 0 heterocycles. The van der Waals surface area contributed by atoms with Crippen molar-refractivity contribution >= 4 is 17.1 Å². The monoisotopic (exact) mass is 867 g/mol. The van der Waals surface area contributed by atoms with Crippen molar-refractivity contribution < 1.29 is 0 Å². The number of benzene rings is 11. The fourth-order valence-electron chi connectivity index (χ4n) is 9.50. The smallest absolute Gasteiger partial charge is 0.0540 e. The van der Waals surface area contributed by atoms with E-state index in [2.05, 4.69) is 296 Å². The molecule has 0 aliphatic carbocycles. The van der Waals surface area contributed by atoms with Crippen LogP contribution in [-0.2, 0) is 0 Å². The summed E-state index contributed by atoms with van der Waals surface area (Å²) in [4.78, 5) is 2.40. The van der Waals surface area contributed by atoms with Crippen molar-refractivity contribution in [2.24, 2.45) is 0 Å². The summed E-state index contributed by atoms with van der Waals surface area (Å²) in [5, 5.41) is 0. The summed E-state index contributed by atoms with van der Waals surface area (Å²) >= 11 is 0. The summed E-state index contributed by atoms with van der Waals surface area (Å²) in [6, 6.07) is 105. The lowest BCUT2D eigenvalue weighted by molar-refractivity contribution is 0.978. The Labute approximate surface area is 400 Å². The minimum Gasteiger partial charge on any atom is -0.310 e. The molecule has 0 unspecified atom stereocenters. The summed E-state index contributed by atoms with van der Waals surface area (Å²) < 4.78 is 0. The Kier molecular flexibility index (Phi) is 11.9. The van der Waals surface area contributed by atoms with Crippen LogP contribution in [0.5, 0.6) is 0 Å². The van der Waals surface area contributed by atoms with Gasteiger partial charge in [-0.3, -0.25) is 0 Å². The van der Waals surface area contributed by atoms with Gasteiger partial charge in [0.2, 0.25) is 0 Å². The van der Waals surface area contributed by atoms with Crippen LogP contribution in [-0.4, -0.2) is 0 Å². The minimum atomic E-state index is 0.0648. The van der Waals surface area contributed by atoms with Crippen molar-refractivity contribution in [2.75, 3.05) is 4.90 Å². The van der Waals surface area contributed by atoms with Crippen molar-refractivity contribution in [3.05, 3.63) is 308 Å². The lowest BCUT2D eigenvalue weighted by atomic mass is 9.83. The molecule has 11 rings (SSSR count). The third-order valence-corrected chi connectivity index (χ3v) is 13.1. The molecule has 0 aliphatic rings. The fourth-order valence-corrected chi connectivity index (χ4v) is 9.50. The van der Waals surface area contributed by atoms with E-state index in [1.165, 1.54) is 77.9 Å². The van der Waals surface area contributed by atoms with E-state index in [0.29, 0.717) is 0 Å². The number of hydrogen-bond acceptors (Lipinski definition) is 1. The van der Waals surface area contributed by atoms with Gasteiger partial charge in [0.15, 0.2) is 0 Å². The zero-order valence-corrected chi connectivity index (χ0v) is 37.7. The molecule has 0 spiro atoms. The van der Waals surface area contributed by atoms with Gasteiger partial charge >= 0.3 is 0 Å². The van der Waals surface area contributed by atoms with Gasteiger partial charge in [0, 0.05) is 22.9 Å². The van der Waals surface area contributed by atoms with Crippen LogP contribution in [0.3, 0.4) is 0 Å². The van der Waals surface area contributed by atoms with Gasteiger partial charge in [-0.2, -0.15) is 0 Å². The zero-order valence-electron chi connectivity index (χ0n) is 37.7. The van der Waals surface area contributed by atoms with E-state index in [9.17, 15) is 0 Å². The first-order valence-corrected chi connectivity index (χ1v) is 23.4. The Morgan fingerprint density at radius 3 is 0.779 bits per heavy atom. The van der Waals surface area contributed by atoms with E-state index in [1.807, 2.05) is 0 Å². The molecule has 11 aromatic rings. The van der Waals surface area contributed by atoms with Crippen LogP contribution in [0.1, 0.15) is 22.6 Å². The van der Waals surface area contributed by atoms with Crippen molar-refractivity contribution in [2.45, 2.75) is 5.92 Å². The fraction of sp³-hybridized carbons (Fsp3) is 0.0149. The number of anilines is 3. The number of nitrogens with zero attached hydrogens (tertiary/aromatic N) is 1. The standard InChI is InChI=1S/C67H49N/c1-6-16-49(17-7-1)53-26-32-59(33-27-53)67(60-34-28-54(29-35-60)50-18-8-2-9-19-50)61-36-30-55(31-37-61)57-40-45-64(46-41-57)68(63-43-38-56(39-44-63)51-20-10-3-11-21-51)66-47-42-62(52-22-12-4-13-23-52)48-65(66)58-24-14-5-15-25-58/h1-48,67H. The average molecular weight is 868 g/mol. The van der Waals surface area contributed by atoms with E-state index in [0.717, 1.165) is 22.6 Å². The predicted octanol–water partition coefficient (Wildman–Crippen LogP) is 18.3. The third-order valence-electron chi connectivity index (χ3n) is 13.1. The molecule has 0 bridgehead atoms. The summed E-state index contributed by atoms with van der Waals surface area (Å²) in [5.74, 6) is 0.0648. The van der Waals surface area contributed by atoms with Crippen molar-refractivity contribution in [1.82, 2.24) is 0 Å². The maximum Gasteiger partial charge on any atom is 0.0540 e. The molecule has 0 saturated heterocycles. The van der Waals surface area contributed by atoms with Crippen molar-refractivity contribution in [3.63, 3.8) is 0 Å². The molecular weight excluding hydrogens is 819 g/mol. The van der Waals surface area contributed by atoms with Crippen LogP contribution in [0.15, 0.2) is 291 Å². The lowest BCUT2D eigenvalue weighted by Crippen LogP contribution is -2.11. The number of hydrogen-bond donors (Lipinski definition) is 0. The Hall–Kier alpha value is -8.78. The molecule has 0 aliphatic heterocycles. The SMILES string of the molecule is c1ccc(-c2ccc(C(c3ccc(-c4ccccc4)cc3)c3ccc(-c4ccc(N(c5ccc(-c6ccccc6)cc5)c5ccc(-c6ccccc6)cc5-c5ccccc5)cc4)cc3)cc2)cc1. The van der Waals surface area contributed by atoms with Gasteiger partial charge in [0.05, 0.1) is 5.69 Å². The highest BCUT2D eigenvalue weighted by Crippen LogP contribution is 2.44. The molecule has 0 amide bonds. The quantitative estimate of drug-likeness (QED) is 0.111. The van der Waals surface area contributed by atoms with E-state index in [4.69, 9.17) is 0 Å².